The van der Waals surface area contributed by atoms with Gasteiger partial charge in [0.05, 0.1) is 13.2 Å². The van der Waals surface area contributed by atoms with E-state index in [0.29, 0.717) is 13.0 Å². The van der Waals surface area contributed by atoms with E-state index < -0.39 is 32.5 Å². The van der Waals surface area contributed by atoms with Crippen LogP contribution in [0.3, 0.4) is 0 Å². The molecule has 0 aliphatic heterocycles. The van der Waals surface area contributed by atoms with Crippen LogP contribution in [-0.2, 0) is 32.7 Å². The van der Waals surface area contributed by atoms with Crippen LogP contribution in [0.4, 0.5) is 0 Å². The largest absolute Gasteiger partial charge is 0.756 e. The average Bonchev–Trinajstić information content (AvgIpc) is 3.15. The molecule has 2 atom stereocenters. The number of allylic oxidation sites excluding steroid dienone is 12. The molecule has 0 aliphatic rings. The molecule has 0 aromatic carbocycles. The lowest BCUT2D eigenvalue weighted by Crippen LogP contribution is -2.30. The predicted octanol–water partition coefficient (Wildman–Crippen LogP) is 12.1. The second-order valence-electron chi connectivity index (χ2n) is 14.1. The van der Waals surface area contributed by atoms with Gasteiger partial charge in [0.15, 0.2) is 6.10 Å². The summed E-state index contributed by atoms with van der Waals surface area (Å²) in [6.07, 6.45) is 46.6. The smallest absolute Gasteiger partial charge is 0.306 e. The molecule has 0 aromatic rings. The fourth-order valence-electron chi connectivity index (χ4n) is 5.29. The van der Waals surface area contributed by atoms with Crippen LogP contribution in [0.2, 0.25) is 0 Å². The van der Waals surface area contributed by atoms with Gasteiger partial charge >= 0.3 is 11.9 Å². The maximum Gasteiger partial charge on any atom is 0.306 e. The van der Waals surface area contributed by atoms with Gasteiger partial charge in [0.2, 0.25) is 0 Å². The number of carbonyl (C=O) groups is 2. The molecular weight excluding hydrogens is 725 g/mol. The zero-order valence-electron chi connectivity index (χ0n) is 35.1. The second kappa shape index (κ2) is 42.1. The number of ether oxygens (including phenoxy) is 2. The zero-order valence-corrected chi connectivity index (χ0v) is 35.9. The molecular formula is C46H81NO8P-. The minimum atomic E-state index is -4.63. The van der Waals surface area contributed by atoms with Gasteiger partial charge in [-0.2, -0.15) is 0 Å². The fraction of sp³-hybridized carbons (Fsp3) is 0.696. The molecule has 0 heterocycles. The van der Waals surface area contributed by atoms with Gasteiger partial charge in [-0.3, -0.25) is 14.2 Å². The molecule has 0 saturated heterocycles. The molecule has 0 rings (SSSR count). The average molecular weight is 807 g/mol. The van der Waals surface area contributed by atoms with Crippen LogP contribution < -0.4 is 4.89 Å². The monoisotopic (exact) mass is 807 g/mol. The Balaban J connectivity index is 0. The molecule has 0 aliphatic carbocycles. The molecule has 0 N–H and O–H groups in total. The predicted molar refractivity (Wildman–Crippen MR) is 233 cm³/mol. The van der Waals surface area contributed by atoms with E-state index in [9.17, 15) is 19.0 Å². The molecule has 0 aromatic heterocycles. The summed E-state index contributed by atoms with van der Waals surface area (Å²) in [6.45, 7) is 3.91. The highest BCUT2D eigenvalue weighted by Gasteiger charge is 2.21. The first kappa shape index (κ1) is 55.5. The molecule has 9 nitrogen and oxygen atoms in total. The van der Waals surface area contributed by atoms with Gasteiger partial charge in [-0.05, 0) is 65.5 Å². The Hall–Kier alpha value is -2.55. The van der Waals surface area contributed by atoms with Crippen molar-refractivity contribution in [2.45, 2.75) is 169 Å². The van der Waals surface area contributed by atoms with Crippen LogP contribution >= 0.6 is 7.82 Å². The molecule has 0 spiro atoms. The van der Waals surface area contributed by atoms with Crippen molar-refractivity contribution >= 4 is 19.8 Å². The summed E-state index contributed by atoms with van der Waals surface area (Å²) in [5.74, 6) is -0.940. The summed E-state index contributed by atoms with van der Waals surface area (Å²) in [7, 11) is -1.04. The van der Waals surface area contributed by atoms with Gasteiger partial charge in [-0.1, -0.05) is 171 Å². The summed E-state index contributed by atoms with van der Waals surface area (Å²) in [5, 5.41) is 0. The molecule has 10 heteroatoms. The fourth-order valence-corrected chi connectivity index (χ4v) is 6.02. The first-order valence-corrected chi connectivity index (χ1v) is 22.7. The lowest BCUT2D eigenvalue weighted by atomic mass is 10.0. The lowest BCUT2D eigenvalue weighted by molar-refractivity contribution is -0.228. The van der Waals surface area contributed by atoms with Crippen molar-refractivity contribution in [2.75, 3.05) is 40.5 Å². The van der Waals surface area contributed by atoms with Gasteiger partial charge in [-0.15, -0.1) is 0 Å². The molecule has 2 unspecified atom stereocenters. The Kier molecular flexibility index (Phi) is 41.7. The minimum Gasteiger partial charge on any atom is -0.756 e. The summed E-state index contributed by atoms with van der Waals surface area (Å²) < 4.78 is 33.0. The number of esters is 2. The Morgan fingerprint density at radius 2 is 1.04 bits per heavy atom. The third-order valence-electron chi connectivity index (χ3n) is 8.53. The van der Waals surface area contributed by atoms with Crippen LogP contribution in [0, 0.1) is 0 Å². The van der Waals surface area contributed by atoms with Crippen molar-refractivity contribution < 1.29 is 37.6 Å². The molecule has 0 fully saturated rings. The van der Waals surface area contributed by atoms with E-state index in [1.54, 1.807) is 19.0 Å². The van der Waals surface area contributed by atoms with E-state index in [4.69, 9.17) is 18.5 Å². The molecule has 0 bridgehead atoms. The van der Waals surface area contributed by atoms with Gasteiger partial charge in [0.25, 0.3) is 7.82 Å². The van der Waals surface area contributed by atoms with E-state index in [-0.39, 0.29) is 33.5 Å². The molecule has 0 amide bonds. The van der Waals surface area contributed by atoms with Crippen LogP contribution in [0.25, 0.3) is 0 Å². The van der Waals surface area contributed by atoms with Crippen LogP contribution in [0.5, 0.6) is 0 Å². The van der Waals surface area contributed by atoms with E-state index >= 15 is 0 Å². The Labute approximate surface area is 343 Å². The minimum absolute atomic E-state index is 0. The van der Waals surface area contributed by atoms with E-state index in [1.807, 2.05) is 12.2 Å². The third kappa shape index (κ3) is 42.6. The summed E-state index contributed by atoms with van der Waals surface area (Å²) >= 11 is 0. The van der Waals surface area contributed by atoms with Crippen LogP contribution in [0.1, 0.15) is 163 Å². The van der Waals surface area contributed by atoms with Crippen molar-refractivity contribution in [3.05, 3.63) is 72.9 Å². The quantitative estimate of drug-likeness (QED) is 0.0260. The summed E-state index contributed by atoms with van der Waals surface area (Å²) in [5.41, 5.74) is 0. The third-order valence-corrected chi connectivity index (χ3v) is 9.49. The highest BCUT2D eigenvalue weighted by atomic mass is 31.2. The first-order valence-electron chi connectivity index (χ1n) is 21.2. The SMILES string of the molecule is C.CC/C=C\C/C=C\C/C=C\C/C=C\C/C=C\C/C=C\CCC(=O)OC(COC(=O)CCCCCCCCCCCCCCC)COP(=O)([O-])OCCN(C)C. The number of phosphoric acid groups is 1. The molecule has 324 valence electrons. The number of likely N-dealkylation sites (N-methyl/N-ethyl adjacent to an activating group) is 1. The van der Waals surface area contributed by atoms with Crippen molar-refractivity contribution in [2.24, 2.45) is 0 Å². The topological polar surface area (TPSA) is 114 Å². The van der Waals surface area contributed by atoms with Gasteiger partial charge in [0, 0.05) is 19.4 Å². The lowest BCUT2D eigenvalue weighted by Gasteiger charge is -2.26. The molecule has 0 radical (unpaired) electrons. The maximum absolute atomic E-state index is 12.6. The van der Waals surface area contributed by atoms with Crippen molar-refractivity contribution in [1.29, 1.82) is 0 Å². The highest BCUT2D eigenvalue weighted by Crippen LogP contribution is 2.38. The van der Waals surface area contributed by atoms with E-state index in [1.165, 1.54) is 64.2 Å². The number of hydrogen-bond acceptors (Lipinski definition) is 9. The summed E-state index contributed by atoms with van der Waals surface area (Å²) in [4.78, 5) is 39.0. The summed E-state index contributed by atoms with van der Waals surface area (Å²) in [6, 6.07) is 0. The number of phosphoric ester groups is 1. The Bertz CT molecular complexity index is 1140. The van der Waals surface area contributed by atoms with Crippen molar-refractivity contribution in [1.82, 2.24) is 4.90 Å². The normalized spacial score (nSPS) is 13.9. The van der Waals surface area contributed by atoms with Crippen LogP contribution in [0.15, 0.2) is 72.9 Å². The Morgan fingerprint density at radius 1 is 0.589 bits per heavy atom. The van der Waals surface area contributed by atoms with Gasteiger partial charge in [0.1, 0.15) is 6.61 Å². The number of rotatable bonds is 38. The van der Waals surface area contributed by atoms with Crippen LogP contribution in [-0.4, -0.2) is 63.4 Å². The second-order valence-corrected chi connectivity index (χ2v) is 15.5. The van der Waals surface area contributed by atoms with E-state index in [0.717, 1.165) is 57.8 Å². The number of unbranched alkanes of at least 4 members (excludes halogenated alkanes) is 12. The molecule has 0 saturated carbocycles. The van der Waals surface area contributed by atoms with Gasteiger partial charge < -0.3 is 28.3 Å². The zero-order chi connectivity index (χ0) is 40.5. The number of nitrogens with zero attached hydrogens (tertiary/aromatic N) is 1. The van der Waals surface area contributed by atoms with Crippen molar-refractivity contribution in [3.8, 4) is 0 Å². The molecule has 56 heavy (non-hydrogen) atoms. The van der Waals surface area contributed by atoms with Crippen molar-refractivity contribution in [3.63, 3.8) is 0 Å². The number of hydrogen-bond donors (Lipinski definition) is 0. The maximum atomic E-state index is 12.6. The Morgan fingerprint density at radius 3 is 1.50 bits per heavy atom. The standard InChI is InChI=1S/C45H78NO8P.CH4/c1-5-7-9-11-13-15-17-19-20-21-22-23-24-26-28-30-32-34-36-38-45(48)54-43(42-53-55(49,50)52-40-39-46(3)4)41-51-44(47)37-35-33-31-29-27-25-18-16-14-12-10-8-6-2;/h7,9,13,15,19-20,22-23,26,28,32,34,43H,5-6,8,10-12,14,16-18,21,24-25,27,29-31,33,35-42H2,1-4H3,(H,49,50);1H4/p-1/b9-7-,15-13-,20-19-,23-22-,28-26-,34-32-;. The highest BCUT2D eigenvalue weighted by molar-refractivity contribution is 7.45. The van der Waals surface area contributed by atoms with E-state index in [2.05, 4.69) is 74.6 Å². The number of carbonyl (C=O) groups excluding carboxylic acids is 2. The van der Waals surface area contributed by atoms with Gasteiger partial charge in [-0.25, -0.2) is 0 Å². The first-order chi connectivity index (χ1) is 26.7.